The summed E-state index contributed by atoms with van der Waals surface area (Å²) in [6.45, 7) is 6.65. The van der Waals surface area contributed by atoms with Crippen molar-refractivity contribution in [1.82, 2.24) is 0 Å². The van der Waals surface area contributed by atoms with Crippen molar-refractivity contribution in [3.63, 3.8) is 0 Å². The number of methoxy groups -OCH3 is 1. The molecule has 4 nitrogen and oxygen atoms in total. The number of hydrogen-bond donors (Lipinski definition) is 1. The van der Waals surface area contributed by atoms with Crippen molar-refractivity contribution in [3.05, 3.63) is 24.3 Å². The average Bonchev–Trinajstić information content (AvgIpc) is 2.42. The molecule has 0 unspecified atom stereocenters. The lowest BCUT2D eigenvalue weighted by Crippen LogP contribution is -2.58. The largest absolute Gasteiger partial charge is 0.497 e. The average molecular weight is 291 g/mol. The Balaban J connectivity index is 2.15. The maximum Gasteiger partial charge on any atom is 0.331 e. The van der Waals surface area contributed by atoms with Gasteiger partial charge in [-0.2, -0.15) is 0 Å². The van der Waals surface area contributed by atoms with Crippen LogP contribution in [0.1, 0.15) is 33.6 Å². The Morgan fingerprint density at radius 3 is 2.71 bits per heavy atom. The van der Waals surface area contributed by atoms with Crippen molar-refractivity contribution in [2.24, 2.45) is 11.8 Å². The summed E-state index contributed by atoms with van der Waals surface area (Å²) < 4.78 is 10.5. The van der Waals surface area contributed by atoms with Crippen molar-refractivity contribution >= 4 is 11.7 Å². The summed E-state index contributed by atoms with van der Waals surface area (Å²) in [5.74, 6) is 1.77. The van der Waals surface area contributed by atoms with E-state index in [1.807, 2.05) is 31.2 Å². The molecule has 1 aromatic rings. The SMILES string of the molecule is CCOC(=O)C1(Nc2cccc(OC)c2)CC(C(C)C)C1. The topological polar surface area (TPSA) is 47.6 Å². The molecule has 116 valence electrons. The standard InChI is InChI=1S/C17H25NO3/c1-5-21-16(19)17(10-13(11-17)12(2)3)18-14-7-6-8-15(9-14)20-4/h6-9,12-13,18H,5,10-11H2,1-4H3. The highest BCUT2D eigenvalue weighted by atomic mass is 16.5. The molecule has 1 aliphatic rings. The highest BCUT2D eigenvalue weighted by Crippen LogP contribution is 2.45. The van der Waals surface area contributed by atoms with Gasteiger partial charge in [0.1, 0.15) is 11.3 Å². The van der Waals surface area contributed by atoms with E-state index in [4.69, 9.17) is 9.47 Å². The lowest BCUT2D eigenvalue weighted by Gasteiger charge is -2.48. The van der Waals surface area contributed by atoms with Gasteiger partial charge in [0.25, 0.3) is 0 Å². The molecular formula is C17H25NO3. The van der Waals surface area contributed by atoms with Gasteiger partial charge in [-0.15, -0.1) is 0 Å². The maximum absolute atomic E-state index is 12.4. The number of anilines is 1. The number of esters is 1. The maximum atomic E-state index is 12.4. The molecule has 0 saturated heterocycles. The molecule has 1 fully saturated rings. The van der Waals surface area contributed by atoms with Crippen LogP contribution in [-0.2, 0) is 9.53 Å². The van der Waals surface area contributed by atoms with E-state index >= 15 is 0 Å². The first-order chi connectivity index (χ1) is 10.0. The Morgan fingerprint density at radius 1 is 1.43 bits per heavy atom. The fraction of sp³-hybridized carbons (Fsp3) is 0.588. The number of nitrogens with one attached hydrogen (secondary N) is 1. The third kappa shape index (κ3) is 3.31. The molecule has 0 amide bonds. The molecule has 0 spiro atoms. The Kier molecular flexibility index (Phi) is 4.76. The van der Waals surface area contributed by atoms with E-state index in [1.165, 1.54) is 0 Å². The van der Waals surface area contributed by atoms with Crippen molar-refractivity contribution in [3.8, 4) is 5.75 Å². The molecule has 1 N–H and O–H groups in total. The second kappa shape index (κ2) is 6.37. The molecule has 21 heavy (non-hydrogen) atoms. The van der Waals surface area contributed by atoms with Gasteiger partial charge < -0.3 is 14.8 Å². The van der Waals surface area contributed by atoms with Gasteiger partial charge in [-0.3, -0.25) is 0 Å². The van der Waals surface area contributed by atoms with Crippen LogP contribution in [0.25, 0.3) is 0 Å². The summed E-state index contributed by atoms with van der Waals surface area (Å²) in [6.07, 6.45) is 1.64. The predicted molar refractivity (Wildman–Crippen MR) is 83.5 cm³/mol. The summed E-state index contributed by atoms with van der Waals surface area (Å²) in [7, 11) is 1.64. The Hall–Kier alpha value is -1.71. The predicted octanol–water partition coefficient (Wildman–Crippen LogP) is 3.48. The lowest BCUT2D eigenvalue weighted by atomic mass is 9.64. The first-order valence-corrected chi connectivity index (χ1v) is 7.60. The molecule has 4 heteroatoms. The van der Waals surface area contributed by atoms with E-state index < -0.39 is 5.54 Å². The van der Waals surface area contributed by atoms with Gasteiger partial charge in [0.15, 0.2) is 0 Å². The van der Waals surface area contributed by atoms with Crippen LogP contribution in [0.4, 0.5) is 5.69 Å². The van der Waals surface area contributed by atoms with Gasteiger partial charge in [0.2, 0.25) is 0 Å². The minimum atomic E-state index is -0.586. The van der Waals surface area contributed by atoms with Gasteiger partial charge in [-0.25, -0.2) is 4.79 Å². The third-order valence-corrected chi connectivity index (χ3v) is 4.28. The molecule has 1 saturated carbocycles. The number of carbonyl (C=O) groups excluding carboxylic acids is 1. The third-order valence-electron chi connectivity index (χ3n) is 4.28. The van der Waals surface area contributed by atoms with Gasteiger partial charge >= 0.3 is 5.97 Å². The van der Waals surface area contributed by atoms with Gasteiger partial charge in [0.05, 0.1) is 13.7 Å². The van der Waals surface area contributed by atoms with E-state index in [0.29, 0.717) is 18.4 Å². The summed E-state index contributed by atoms with van der Waals surface area (Å²) >= 11 is 0. The van der Waals surface area contributed by atoms with Crippen LogP contribution in [0.15, 0.2) is 24.3 Å². The minimum Gasteiger partial charge on any atom is -0.497 e. The number of carbonyl (C=O) groups is 1. The first-order valence-electron chi connectivity index (χ1n) is 7.60. The number of benzene rings is 1. The molecule has 0 bridgehead atoms. The van der Waals surface area contributed by atoms with Gasteiger partial charge in [-0.1, -0.05) is 19.9 Å². The van der Waals surface area contributed by atoms with Crippen LogP contribution < -0.4 is 10.1 Å². The van der Waals surface area contributed by atoms with E-state index in [2.05, 4.69) is 19.2 Å². The zero-order valence-corrected chi connectivity index (χ0v) is 13.3. The molecule has 0 heterocycles. The molecule has 1 aliphatic carbocycles. The highest BCUT2D eigenvalue weighted by Gasteiger charge is 2.52. The quantitative estimate of drug-likeness (QED) is 0.815. The van der Waals surface area contributed by atoms with Crippen molar-refractivity contribution < 1.29 is 14.3 Å². The van der Waals surface area contributed by atoms with Crippen molar-refractivity contribution in [1.29, 1.82) is 0 Å². The number of ether oxygens (including phenoxy) is 2. The van der Waals surface area contributed by atoms with Crippen LogP contribution >= 0.6 is 0 Å². The number of rotatable bonds is 6. The minimum absolute atomic E-state index is 0.148. The zero-order valence-electron chi connectivity index (χ0n) is 13.3. The van der Waals surface area contributed by atoms with E-state index in [0.717, 1.165) is 24.3 Å². The smallest absolute Gasteiger partial charge is 0.331 e. The molecule has 1 aromatic carbocycles. The summed E-state index contributed by atoms with van der Waals surface area (Å²) in [4.78, 5) is 12.4. The van der Waals surface area contributed by atoms with Crippen LogP contribution in [0, 0.1) is 11.8 Å². The van der Waals surface area contributed by atoms with Crippen molar-refractivity contribution in [2.45, 2.75) is 39.2 Å². The fourth-order valence-corrected chi connectivity index (χ4v) is 2.87. The van der Waals surface area contributed by atoms with Crippen LogP contribution in [0.2, 0.25) is 0 Å². The second-order valence-electron chi connectivity index (χ2n) is 6.07. The van der Waals surface area contributed by atoms with Gasteiger partial charge in [0, 0.05) is 11.8 Å². The zero-order chi connectivity index (χ0) is 15.5. The number of hydrogen-bond acceptors (Lipinski definition) is 4. The Bertz CT molecular complexity index is 493. The molecule has 0 aromatic heterocycles. The molecular weight excluding hydrogens is 266 g/mol. The molecule has 0 aliphatic heterocycles. The summed E-state index contributed by atoms with van der Waals surface area (Å²) in [5.41, 5.74) is 0.307. The first kappa shape index (κ1) is 15.7. The van der Waals surface area contributed by atoms with E-state index in [-0.39, 0.29) is 5.97 Å². The lowest BCUT2D eigenvalue weighted by molar-refractivity contribution is -0.154. The Morgan fingerprint density at radius 2 is 2.14 bits per heavy atom. The van der Waals surface area contributed by atoms with Crippen LogP contribution in [0.5, 0.6) is 5.75 Å². The summed E-state index contributed by atoms with van der Waals surface area (Å²) in [6, 6.07) is 7.66. The van der Waals surface area contributed by atoms with Crippen molar-refractivity contribution in [2.75, 3.05) is 19.0 Å². The molecule has 0 atom stereocenters. The normalized spacial score (nSPS) is 24.3. The summed E-state index contributed by atoms with van der Waals surface area (Å²) in [5, 5.41) is 3.38. The van der Waals surface area contributed by atoms with Crippen LogP contribution in [-0.4, -0.2) is 25.2 Å². The van der Waals surface area contributed by atoms with E-state index in [1.54, 1.807) is 7.11 Å². The molecule has 0 radical (unpaired) electrons. The van der Waals surface area contributed by atoms with E-state index in [9.17, 15) is 4.79 Å². The second-order valence-corrected chi connectivity index (χ2v) is 6.07. The van der Waals surface area contributed by atoms with Crippen LogP contribution in [0.3, 0.4) is 0 Å². The highest BCUT2D eigenvalue weighted by molar-refractivity contribution is 5.86. The van der Waals surface area contributed by atoms with Gasteiger partial charge in [-0.05, 0) is 43.7 Å². The fourth-order valence-electron chi connectivity index (χ4n) is 2.87. The monoisotopic (exact) mass is 291 g/mol. The molecule has 2 rings (SSSR count). The Labute approximate surface area is 126 Å².